The zero-order valence-electron chi connectivity index (χ0n) is 10.1. The minimum atomic E-state index is -0.357. The lowest BCUT2D eigenvalue weighted by atomic mass is 10.0. The van der Waals surface area contributed by atoms with Crippen molar-refractivity contribution in [3.8, 4) is 0 Å². The Balaban J connectivity index is 2.21. The van der Waals surface area contributed by atoms with E-state index in [4.69, 9.17) is 17.3 Å². The van der Waals surface area contributed by atoms with Gasteiger partial charge in [0.15, 0.2) is 0 Å². The molecule has 0 saturated carbocycles. The Bertz CT molecular complexity index is 538. The van der Waals surface area contributed by atoms with Gasteiger partial charge in [0.25, 0.3) is 0 Å². The summed E-state index contributed by atoms with van der Waals surface area (Å²) in [4.78, 5) is 1.14. The second-order valence-electron chi connectivity index (χ2n) is 4.19. The molecule has 0 aliphatic carbocycles. The van der Waals surface area contributed by atoms with Crippen molar-refractivity contribution >= 4 is 22.9 Å². The topological polar surface area (TPSA) is 26.0 Å². The molecule has 1 aromatic heterocycles. The van der Waals surface area contributed by atoms with E-state index in [2.05, 4.69) is 13.0 Å². The molecule has 0 saturated heterocycles. The molecule has 0 radical (unpaired) electrons. The average molecular weight is 284 g/mol. The summed E-state index contributed by atoms with van der Waals surface area (Å²) in [5, 5.41) is 2.18. The SMILES string of the molecule is CCc1ccsc1C(N)Cc1cccc(Cl)c1F. The highest BCUT2D eigenvalue weighted by molar-refractivity contribution is 7.10. The van der Waals surface area contributed by atoms with Gasteiger partial charge < -0.3 is 5.73 Å². The summed E-state index contributed by atoms with van der Waals surface area (Å²) in [7, 11) is 0. The van der Waals surface area contributed by atoms with Gasteiger partial charge in [-0.2, -0.15) is 0 Å². The van der Waals surface area contributed by atoms with Crippen LogP contribution < -0.4 is 5.73 Å². The number of hydrogen-bond donors (Lipinski definition) is 1. The van der Waals surface area contributed by atoms with E-state index in [1.54, 1.807) is 29.5 Å². The van der Waals surface area contributed by atoms with Crippen molar-refractivity contribution in [1.29, 1.82) is 0 Å². The third-order valence-corrected chi connectivity index (χ3v) is 4.35. The molecule has 2 rings (SSSR count). The number of benzene rings is 1. The first kappa shape index (κ1) is 13.5. The molecule has 0 bridgehead atoms. The summed E-state index contributed by atoms with van der Waals surface area (Å²) in [6, 6.07) is 6.94. The minimum Gasteiger partial charge on any atom is -0.323 e. The van der Waals surface area contributed by atoms with Crippen molar-refractivity contribution in [2.75, 3.05) is 0 Å². The number of thiophene rings is 1. The Labute approximate surface area is 115 Å². The normalized spacial score (nSPS) is 12.7. The molecule has 1 aromatic carbocycles. The van der Waals surface area contributed by atoms with Gasteiger partial charge in [0, 0.05) is 10.9 Å². The van der Waals surface area contributed by atoms with Crippen LogP contribution in [0.25, 0.3) is 0 Å². The fourth-order valence-electron chi connectivity index (χ4n) is 2.00. The summed E-state index contributed by atoms with van der Waals surface area (Å²) < 4.78 is 13.8. The van der Waals surface area contributed by atoms with Crippen molar-refractivity contribution in [3.05, 3.63) is 56.5 Å². The molecular formula is C14H15ClFNS. The molecule has 0 spiro atoms. The van der Waals surface area contributed by atoms with E-state index in [0.717, 1.165) is 11.3 Å². The number of aryl methyl sites for hydroxylation is 1. The molecule has 2 N–H and O–H groups in total. The summed E-state index contributed by atoms with van der Waals surface area (Å²) in [5.41, 5.74) is 7.99. The van der Waals surface area contributed by atoms with Crippen molar-refractivity contribution in [2.45, 2.75) is 25.8 Å². The smallest absolute Gasteiger partial charge is 0.145 e. The standard InChI is InChI=1S/C14H15ClFNS/c1-2-9-6-7-18-14(9)12(17)8-10-4-3-5-11(15)13(10)16/h3-7,12H,2,8,17H2,1H3. The van der Waals surface area contributed by atoms with E-state index < -0.39 is 0 Å². The number of rotatable bonds is 4. The van der Waals surface area contributed by atoms with Crippen LogP contribution in [0.5, 0.6) is 0 Å². The number of hydrogen-bond acceptors (Lipinski definition) is 2. The molecule has 0 fully saturated rings. The summed E-state index contributed by atoms with van der Waals surface area (Å²) >= 11 is 7.40. The molecule has 0 amide bonds. The number of nitrogens with two attached hydrogens (primary N) is 1. The van der Waals surface area contributed by atoms with E-state index in [1.807, 2.05) is 5.38 Å². The monoisotopic (exact) mass is 283 g/mol. The second kappa shape index (κ2) is 5.83. The van der Waals surface area contributed by atoms with Crippen LogP contribution in [0, 0.1) is 5.82 Å². The van der Waals surface area contributed by atoms with E-state index in [0.29, 0.717) is 12.0 Å². The van der Waals surface area contributed by atoms with Crippen molar-refractivity contribution in [3.63, 3.8) is 0 Å². The van der Waals surface area contributed by atoms with Crippen LogP contribution in [-0.2, 0) is 12.8 Å². The summed E-state index contributed by atoms with van der Waals surface area (Å²) in [6.07, 6.45) is 1.42. The lowest BCUT2D eigenvalue weighted by molar-refractivity contribution is 0.595. The van der Waals surface area contributed by atoms with E-state index in [9.17, 15) is 4.39 Å². The number of halogens is 2. The van der Waals surface area contributed by atoms with Crippen LogP contribution in [0.2, 0.25) is 5.02 Å². The van der Waals surface area contributed by atoms with Crippen molar-refractivity contribution in [2.24, 2.45) is 5.73 Å². The van der Waals surface area contributed by atoms with Crippen LogP contribution >= 0.6 is 22.9 Å². The van der Waals surface area contributed by atoms with Crippen LogP contribution in [-0.4, -0.2) is 0 Å². The predicted octanol–water partition coefficient (Wildman–Crippen LogP) is 4.35. The van der Waals surface area contributed by atoms with Gasteiger partial charge in [-0.05, 0) is 41.5 Å². The zero-order valence-corrected chi connectivity index (χ0v) is 11.7. The van der Waals surface area contributed by atoms with E-state index in [1.165, 1.54) is 5.56 Å². The zero-order chi connectivity index (χ0) is 13.1. The Hall–Kier alpha value is -0.900. The highest BCUT2D eigenvalue weighted by Crippen LogP contribution is 2.28. The highest BCUT2D eigenvalue weighted by atomic mass is 35.5. The maximum Gasteiger partial charge on any atom is 0.145 e. The maximum absolute atomic E-state index is 13.8. The second-order valence-corrected chi connectivity index (χ2v) is 5.54. The minimum absolute atomic E-state index is 0.154. The fourth-order valence-corrected chi connectivity index (χ4v) is 3.20. The first-order valence-corrected chi connectivity index (χ1v) is 7.14. The molecule has 1 atom stereocenters. The highest BCUT2D eigenvalue weighted by Gasteiger charge is 2.15. The molecule has 1 heterocycles. The quantitative estimate of drug-likeness (QED) is 0.887. The first-order chi connectivity index (χ1) is 8.63. The van der Waals surface area contributed by atoms with E-state index >= 15 is 0 Å². The van der Waals surface area contributed by atoms with Gasteiger partial charge in [-0.15, -0.1) is 11.3 Å². The molecule has 0 aliphatic heterocycles. The predicted molar refractivity (Wildman–Crippen MR) is 75.7 cm³/mol. The fraction of sp³-hybridized carbons (Fsp3) is 0.286. The van der Waals surface area contributed by atoms with Gasteiger partial charge in [0.05, 0.1) is 5.02 Å². The maximum atomic E-state index is 13.8. The third kappa shape index (κ3) is 2.74. The van der Waals surface area contributed by atoms with Crippen LogP contribution in [0.3, 0.4) is 0 Å². The van der Waals surface area contributed by atoms with Crippen LogP contribution in [0.4, 0.5) is 4.39 Å². The van der Waals surface area contributed by atoms with Gasteiger partial charge >= 0.3 is 0 Å². The molecule has 1 nitrogen and oxygen atoms in total. The molecule has 0 aliphatic rings. The Morgan fingerprint density at radius 1 is 1.33 bits per heavy atom. The van der Waals surface area contributed by atoms with Gasteiger partial charge in [-0.1, -0.05) is 30.7 Å². The molecule has 2 aromatic rings. The van der Waals surface area contributed by atoms with Gasteiger partial charge in [-0.3, -0.25) is 0 Å². The molecular weight excluding hydrogens is 269 g/mol. The van der Waals surface area contributed by atoms with Crippen LogP contribution in [0.15, 0.2) is 29.6 Å². The Morgan fingerprint density at radius 2 is 2.11 bits per heavy atom. The van der Waals surface area contributed by atoms with Crippen molar-refractivity contribution in [1.82, 2.24) is 0 Å². The van der Waals surface area contributed by atoms with Crippen molar-refractivity contribution < 1.29 is 4.39 Å². The van der Waals surface area contributed by atoms with E-state index in [-0.39, 0.29) is 16.9 Å². The van der Waals surface area contributed by atoms with Crippen LogP contribution in [0.1, 0.15) is 29.0 Å². The van der Waals surface area contributed by atoms with Gasteiger partial charge in [0.2, 0.25) is 0 Å². The molecule has 18 heavy (non-hydrogen) atoms. The Kier molecular flexibility index (Phi) is 4.38. The van der Waals surface area contributed by atoms with Gasteiger partial charge in [-0.25, -0.2) is 4.39 Å². The largest absolute Gasteiger partial charge is 0.323 e. The average Bonchev–Trinajstić information content (AvgIpc) is 2.83. The first-order valence-electron chi connectivity index (χ1n) is 5.88. The molecule has 96 valence electrons. The lowest BCUT2D eigenvalue weighted by Crippen LogP contribution is -2.14. The summed E-state index contributed by atoms with van der Waals surface area (Å²) in [6.45, 7) is 2.10. The lowest BCUT2D eigenvalue weighted by Gasteiger charge is -2.13. The Morgan fingerprint density at radius 3 is 2.83 bits per heavy atom. The molecule has 4 heteroatoms. The molecule has 1 unspecified atom stereocenters. The van der Waals surface area contributed by atoms with Gasteiger partial charge in [0.1, 0.15) is 5.82 Å². The third-order valence-electron chi connectivity index (χ3n) is 2.97. The summed E-state index contributed by atoms with van der Waals surface area (Å²) in [5.74, 6) is -0.357.